The van der Waals surface area contributed by atoms with Gasteiger partial charge in [-0.25, -0.2) is 0 Å². The van der Waals surface area contributed by atoms with Gasteiger partial charge >= 0.3 is 0 Å². The average Bonchev–Trinajstić information content (AvgIpc) is 2.81. The molecule has 1 aromatic carbocycles. The molecule has 0 aliphatic rings. The summed E-state index contributed by atoms with van der Waals surface area (Å²) >= 11 is 5.94. The zero-order chi connectivity index (χ0) is 13.8. The molecule has 0 fully saturated rings. The van der Waals surface area contributed by atoms with E-state index in [-0.39, 0.29) is 0 Å². The lowest BCUT2D eigenvalue weighted by Crippen LogP contribution is -2.09. The average molecular weight is 278 g/mol. The molecule has 0 atom stereocenters. The molecule has 0 bridgehead atoms. The summed E-state index contributed by atoms with van der Waals surface area (Å²) in [5.74, 6) is 2.68. The van der Waals surface area contributed by atoms with E-state index in [4.69, 9.17) is 11.6 Å². The maximum absolute atomic E-state index is 5.94. The molecule has 2 aromatic rings. The summed E-state index contributed by atoms with van der Waals surface area (Å²) in [6.07, 6.45) is 1.05. The molecule has 2 rings (SSSR count). The SMILES string of the molecule is CCc1ccc(-c2nnc(CCl)n2CC(C)C)cc1. The van der Waals surface area contributed by atoms with E-state index in [2.05, 4.69) is 59.8 Å². The number of rotatable bonds is 5. The van der Waals surface area contributed by atoms with Gasteiger partial charge in [-0.1, -0.05) is 45.0 Å². The largest absolute Gasteiger partial charge is 0.310 e. The standard InChI is InChI=1S/C15H20ClN3/c1-4-12-5-7-13(8-6-12)15-18-17-14(9-16)19(15)10-11(2)3/h5-8,11H,4,9-10H2,1-3H3. The topological polar surface area (TPSA) is 30.7 Å². The van der Waals surface area contributed by atoms with E-state index in [0.717, 1.165) is 30.2 Å². The van der Waals surface area contributed by atoms with Crippen molar-refractivity contribution >= 4 is 11.6 Å². The second-order valence-corrected chi connectivity index (χ2v) is 5.40. The van der Waals surface area contributed by atoms with Crippen LogP contribution in [0.2, 0.25) is 0 Å². The fourth-order valence-electron chi connectivity index (χ4n) is 2.09. The van der Waals surface area contributed by atoms with Gasteiger partial charge in [0.15, 0.2) is 5.82 Å². The van der Waals surface area contributed by atoms with Crippen molar-refractivity contribution in [2.75, 3.05) is 0 Å². The fourth-order valence-corrected chi connectivity index (χ4v) is 2.29. The summed E-state index contributed by atoms with van der Waals surface area (Å²) in [5, 5.41) is 8.48. The molecule has 19 heavy (non-hydrogen) atoms. The predicted octanol–water partition coefficient (Wildman–Crippen LogP) is 3.90. The van der Waals surface area contributed by atoms with Crippen LogP contribution in [0.5, 0.6) is 0 Å². The molecule has 0 unspecified atom stereocenters. The van der Waals surface area contributed by atoms with Crippen molar-refractivity contribution in [1.29, 1.82) is 0 Å². The van der Waals surface area contributed by atoms with Crippen LogP contribution in [0.3, 0.4) is 0 Å². The van der Waals surface area contributed by atoms with Crippen LogP contribution < -0.4 is 0 Å². The zero-order valence-electron chi connectivity index (χ0n) is 11.7. The number of aromatic nitrogens is 3. The van der Waals surface area contributed by atoms with Gasteiger partial charge in [0, 0.05) is 12.1 Å². The normalized spacial score (nSPS) is 11.2. The lowest BCUT2D eigenvalue weighted by molar-refractivity contribution is 0.515. The van der Waals surface area contributed by atoms with E-state index < -0.39 is 0 Å². The van der Waals surface area contributed by atoms with Gasteiger partial charge in [-0.05, 0) is 17.9 Å². The van der Waals surface area contributed by atoms with Crippen molar-refractivity contribution in [2.45, 2.75) is 39.6 Å². The van der Waals surface area contributed by atoms with Gasteiger partial charge in [-0.3, -0.25) is 0 Å². The second-order valence-electron chi connectivity index (χ2n) is 5.13. The minimum absolute atomic E-state index is 0.396. The van der Waals surface area contributed by atoms with Crippen molar-refractivity contribution in [3.63, 3.8) is 0 Å². The summed E-state index contributed by atoms with van der Waals surface area (Å²) in [6, 6.07) is 8.50. The maximum atomic E-state index is 5.94. The third kappa shape index (κ3) is 3.16. The molecular formula is C15H20ClN3. The van der Waals surface area contributed by atoms with Crippen LogP contribution in [0.25, 0.3) is 11.4 Å². The highest BCUT2D eigenvalue weighted by atomic mass is 35.5. The molecule has 4 heteroatoms. The third-order valence-corrected chi connectivity index (χ3v) is 3.35. The first-order chi connectivity index (χ1) is 9.15. The van der Waals surface area contributed by atoms with E-state index in [1.165, 1.54) is 5.56 Å². The van der Waals surface area contributed by atoms with Crippen molar-refractivity contribution in [1.82, 2.24) is 14.8 Å². The van der Waals surface area contributed by atoms with E-state index >= 15 is 0 Å². The van der Waals surface area contributed by atoms with Gasteiger partial charge in [0.25, 0.3) is 0 Å². The minimum Gasteiger partial charge on any atom is -0.310 e. The Morgan fingerprint density at radius 2 is 1.84 bits per heavy atom. The Labute approximate surface area is 119 Å². The third-order valence-electron chi connectivity index (χ3n) is 3.12. The highest BCUT2D eigenvalue weighted by Gasteiger charge is 2.13. The van der Waals surface area contributed by atoms with Crippen LogP contribution in [-0.4, -0.2) is 14.8 Å². The molecule has 3 nitrogen and oxygen atoms in total. The number of benzene rings is 1. The molecule has 0 N–H and O–H groups in total. The summed E-state index contributed by atoms with van der Waals surface area (Å²) in [6.45, 7) is 7.41. The molecule has 1 aromatic heterocycles. The Balaban J connectivity index is 2.39. The molecular weight excluding hydrogens is 258 g/mol. The van der Waals surface area contributed by atoms with Crippen LogP contribution in [0.4, 0.5) is 0 Å². The van der Waals surface area contributed by atoms with E-state index in [1.54, 1.807) is 0 Å². The molecule has 0 amide bonds. The van der Waals surface area contributed by atoms with Crippen LogP contribution in [-0.2, 0) is 18.8 Å². The van der Waals surface area contributed by atoms with Crippen LogP contribution in [0.15, 0.2) is 24.3 Å². The highest BCUT2D eigenvalue weighted by Crippen LogP contribution is 2.21. The Hall–Kier alpha value is -1.35. The van der Waals surface area contributed by atoms with E-state index in [1.807, 2.05) is 0 Å². The molecule has 0 aliphatic carbocycles. The van der Waals surface area contributed by atoms with Gasteiger partial charge in [0.2, 0.25) is 0 Å². The Kier molecular flexibility index (Phi) is 4.59. The summed E-state index contributed by atoms with van der Waals surface area (Å²) in [4.78, 5) is 0. The smallest absolute Gasteiger partial charge is 0.163 e. The van der Waals surface area contributed by atoms with Gasteiger partial charge in [-0.15, -0.1) is 21.8 Å². The molecule has 0 saturated carbocycles. The predicted molar refractivity (Wildman–Crippen MR) is 79.2 cm³/mol. The van der Waals surface area contributed by atoms with Crippen LogP contribution >= 0.6 is 11.6 Å². The summed E-state index contributed by atoms with van der Waals surface area (Å²) in [5.41, 5.74) is 2.43. The molecule has 1 heterocycles. The van der Waals surface area contributed by atoms with E-state index in [9.17, 15) is 0 Å². The van der Waals surface area contributed by atoms with Gasteiger partial charge in [0.1, 0.15) is 5.82 Å². The Morgan fingerprint density at radius 3 is 2.37 bits per heavy atom. The number of aryl methyl sites for hydroxylation is 1. The monoisotopic (exact) mass is 277 g/mol. The number of halogens is 1. The lowest BCUT2D eigenvalue weighted by Gasteiger charge is -2.12. The first-order valence-electron chi connectivity index (χ1n) is 6.73. The molecule has 0 saturated heterocycles. The van der Waals surface area contributed by atoms with Gasteiger partial charge in [0.05, 0.1) is 5.88 Å². The molecule has 0 spiro atoms. The number of nitrogens with zero attached hydrogens (tertiary/aromatic N) is 3. The highest BCUT2D eigenvalue weighted by molar-refractivity contribution is 6.16. The fraction of sp³-hybridized carbons (Fsp3) is 0.467. The Bertz CT molecular complexity index is 529. The van der Waals surface area contributed by atoms with Crippen LogP contribution in [0.1, 0.15) is 32.2 Å². The van der Waals surface area contributed by atoms with Crippen molar-refractivity contribution < 1.29 is 0 Å². The number of alkyl halides is 1. The van der Waals surface area contributed by atoms with Crippen molar-refractivity contribution in [2.24, 2.45) is 5.92 Å². The maximum Gasteiger partial charge on any atom is 0.163 e. The molecule has 102 valence electrons. The molecule has 0 radical (unpaired) electrons. The number of hydrogen-bond acceptors (Lipinski definition) is 2. The number of hydrogen-bond donors (Lipinski definition) is 0. The summed E-state index contributed by atoms with van der Waals surface area (Å²) in [7, 11) is 0. The lowest BCUT2D eigenvalue weighted by atomic mass is 10.1. The minimum atomic E-state index is 0.396. The second kappa shape index (κ2) is 6.20. The summed E-state index contributed by atoms with van der Waals surface area (Å²) < 4.78 is 2.12. The van der Waals surface area contributed by atoms with Crippen molar-refractivity contribution in [3.8, 4) is 11.4 Å². The van der Waals surface area contributed by atoms with E-state index in [0.29, 0.717) is 11.8 Å². The first kappa shape index (κ1) is 14.1. The van der Waals surface area contributed by atoms with Crippen molar-refractivity contribution in [3.05, 3.63) is 35.7 Å². The van der Waals surface area contributed by atoms with Gasteiger partial charge < -0.3 is 4.57 Å². The Morgan fingerprint density at radius 1 is 1.16 bits per heavy atom. The van der Waals surface area contributed by atoms with Gasteiger partial charge in [-0.2, -0.15) is 0 Å². The quantitative estimate of drug-likeness (QED) is 0.776. The zero-order valence-corrected chi connectivity index (χ0v) is 12.5. The molecule has 0 aliphatic heterocycles. The first-order valence-corrected chi connectivity index (χ1v) is 7.26. The van der Waals surface area contributed by atoms with Crippen LogP contribution in [0, 0.1) is 5.92 Å².